The Balaban J connectivity index is 0.00000196. The fraction of sp³-hybridized carbons (Fsp3) is 0.500. The van der Waals surface area contributed by atoms with Gasteiger partial charge in [0.05, 0.1) is 12.3 Å². The molecule has 156 valence electrons. The van der Waals surface area contributed by atoms with Crippen molar-refractivity contribution in [3.8, 4) is 16.3 Å². The molecule has 1 fully saturated rings. The number of aryl methyl sites for hydroxylation is 1. The Morgan fingerprint density at radius 3 is 2.46 bits per heavy atom. The van der Waals surface area contributed by atoms with Crippen LogP contribution in [0.2, 0.25) is 0 Å². The van der Waals surface area contributed by atoms with E-state index in [1.807, 2.05) is 50.1 Å². The Morgan fingerprint density at radius 2 is 1.89 bits per heavy atom. The quantitative estimate of drug-likeness (QED) is 0.713. The van der Waals surface area contributed by atoms with E-state index >= 15 is 0 Å². The van der Waals surface area contributed by atoms with Gasteiger partial charge in [0.1, 0.15) is 15.6 Å². The lowest BCUT2D eigenvalue weighted by atomic mass is 9.97. The van der Waals surface area contributed by atoms with Crippen molar-refractivity contribution < 1.29 is 9.53 Å². The van der Waals surface area contributed by atoms with Gasteiger partial charge in [0.25, 0.3) is 5.91 Å². The summed E-state index contributed by atoms with van der Waals surface area (Å²) in [5, 5.41) is 4.12. The summed E-state index contributed by atoms with van der Waals surface area (Å²) in [7, 11) is 1.99. The Morgan fingerprint density at radius 1 is 1.25 bits per heavy atom. The summed E-state index contributed by atoms with van der Waals surface area (Å²) in [4.78, 5) is 20.3. The Bertz CT molecular complexity index is 744. The van der Waals surface area contributed by atoms with E-state index in [2.05, 4.69) is 10.3 Å². The van der Waals surface area contributed by atoms with E-state index < -0.39 is 0 Å². The molecule has 1 aromatic carbocycles. The maximum absolute atomic E-state index is 12.9. The summed E-state index contributed by atoms with van der Waals surface area (Å²) >= 11 is 1.49. The van der Waals surface area contributed by atoms with Crippen LogP contribution in [0.15, 0.2) is 24.3 Å². The molecule has 1 saturated heterocycles. The van der Waals surface area contributed by atoms with Gasteiger partial charge in [-0.3, -0.25) is 4.79 Å². The van der Waals surface area contributed by atoms with Crippen molar-refractivity contribution in [3.63, 3.8) is 0 Å². The molecule has 0 aliphatic carbocycles. The Hall–Kier alpha value is -1.34. The number of aromatic nitrogens is 1. The molecular weight excluding hydrogens is 417 g/mol. The van der Waals surface area contributed by atoms with Gasteiger partial charge >= 0.3 is 0 Å². The number of thiazole rings is 1. The van der Waals surface area contributed by atoms with Crippen LogP contribution >= 0.6 is 36.2 Å². The van der Waals surface area contributed by atoms with Crippen LogP contribution in [0.1, 0.15) is 35.1 Å². The van der Waals surface area contributed by atoms with E-state index in [9.17, 15) is 4.79 Å². The van der Waals surface area contributed by atoms with E-state index in [0.717, 1.165) is 59.4 Å². The Labute approximate surface area is 183 Å². The molecule has 8 heteroatoms. The van der Waals surface area contributed by atoms with Crippen LogP contribution in [0, 0.1) is 12.8 Å². The van der Waals surface area contributed by atoms with Crippen LogP contribution in [0.3, 0.4) is 0 Å². The monoisotopic (exact) mass is 445 g/mol. The molecule has 0 radical (unpaired) electrons. The molecule has 1 aliphatic heterocycles. The van der Waals surface area contributed by atoms with Gasteiger partial charge in [-0.05, 0) is 70.5 Å². The van der Waals surface area contributed by atoms with Gasteiger partial charge in [-0.25, -0.2) is 4.98 Å². The van der Waals surface area contributed by atoms with Crippen molar-refractivity contribution in [3.05, 3.63) is 34.8 Å². The molecule has 1 aliphatic rings. The zero-order valence-electron chi connectivity index (χ0n) is 16.6. The first-order valence-corrected chi connectivity index (χ1v) is 10.1. The van der Waals surface area contributed by atoms with Crippen LogP contribution in [-0.2, 0) is 0 Å². The summed E-state index contributed by atoms with van der Waals surface area (Å²) in [5.41, 5.74) is 1.84. The minimum atomic E-state index is 0. The molecule has 1 N–H and O–H groups in total. The van der Waals surface area contributed by atoms with E-state index in [0.29, 0.717) is 12.5 Å². The number of nitrogens with one attached hydrogen (secondary N) is 1. The average Bonchev–Trinajstić information content (AvgIpc) is 3.05. The number of halogens is 2. The molecule has 1 amide bonds. The highest BCUT2D eigenvalue weighted by atomic mass is 35.5. The summed E-state index contributed by atoms with van der Waals surface area (Å²) < 4.78 is 5.49. The number of carbonyl (C=O) groups is 1. The zero-order valence-corrected chi connectivity index (χ0v) is 19.0. The van der Waals surface area contributed by atoms with Gasteiger partial charge in [0.15, 0.2) is 0 Å². The first kappa shape index (κ1) is 24.7. The lowest BCUT2D eigenvalue weighted by Gasteiger charge is -2.31. The van der Waals surface area contributed by atoms with Crippen LogP contribution in [0.5, 0.6) is 5.75 Å². The minimum Gasteiger partial charge on any atom is -0.494 e. The van der Waals surface area contributed by atoms with Gasteiger partial charge in [0, 0.05) is 18.7 Å². The number of hydrogen-bond acceptors (Lipinski definition) is 5. The Kier molecular flexibility index (Phi) is 10.2. The van der Waals surface area contributed by atoms with E-state index in [-0.39, 0.29) is 30.7 Å². The molecule has 0 saturated carbocycles. The molecule has 0 atom stereocenters. The number of carbonyl (C=O) groups excluding carboxylic acids is 1. The number of piperidine rings is 1. The average molecular weight is 446 g/mol. The third kappa shape index (κ3) is 5.83. The lowest BCUT2D eigenvalue weighted by molar-refractivity contribution is 0.0695. The van der Waals surface area contributed by atoms with Crippen molar-refractivity contribution >= 4 is 42.1 Å². The molecule has 2 heterocycles. The standard InChI is InChI=1S/C20H27N3O2S.2ClH/c1-4-25-17-7-5-16(6-8-17)19-22-14(2)18(26-19)20(24)23-11-9-15(10-12-23)13-21-3;;/h5-8,15,21H,4,9-13H2,1-3H3;2*1H. The highest BCUT2D eigenvalue weighted by Crippen LogP contribution is 2.31. The topological polar surface area (TPSA) is 54.5 Å². The molecule has 0 unspecified atom stereocenters. The fourth-order valence-electron chi connectivity index (χ4n) is 3.35. The molecule has 28 heavy (non-hydrogen) atoms. The first-order chi connectivity index (χ1) is 12.6. The van der Waals surface area contributed by atoms with E-state index in [1.54, 1.807) is 0 Å². The predicted molar refractivity (Wildman–Crippen MR) is 121 cm³/mol. The number of nitrogens with zero attached hydrogens (tertiary/aromatic N) is 2. The number of hydrogen-bond donors (Lipinski definition) is 1. The van der Waals surface area contributed by atoms with Crippen molar-refractivity contribution in [1.82, 2.24) is 15.2 Å². The molecule has 0 bridgehead atoms. The summed E-state index contributed by atoms with van der Waals surface area (Å²) in [5.74, 6) is 1.65. The van der Waals surface area contributed by atoms with Crippen molar-refractivity contribution in [2.45, 2.75) is 26.7 Å². The molecule has 2 aromatic rings. The van der Waals surface area contributed by atoms with Gasteiger partial charge in [-0.15, -0.1) is 36.2 Å². The molecule has 5 nitrogen and oxygen atoms in total. The van der Waals surface area contributed by atoms with Crippen molar-refractivity contribution in [2.75, 3.05) is 33.3 Å². The first-order valence-electron chi connectivity index (χ1n) is 9.27. The summed E-state index contributed by atoms with van der Waals surface area (Å²) in [6.07, 6.45) is 2.13. The number of rotatable bonds is 6. The maximum atomic E-state index is 12.9. The zero-order chi connectivity index (χ0) is 18.5. The SMILES string of the molecule is CCOc1ccc(-c2nc(C)c(C(=O)N3CCC(CNC)CC3)s2)cc1.Cl.Cl. The molecular formula is C20H29Cl2N3O2S. The number of amides is 1. The number of benzene rings is 1. The summed E-state index contributed by atoms with van der Waals surface area (Å²) in [6.45, 7) is 7.25. The van der Waals surface area contributed by atoms with Crippen LogP contribution < -0.4 is 10.1 Å². The number of ether oxygens (including phenoxy) is 1. The highest BCUT2D eigenvalue weighted by Gasteiger charge is 2.26. The van der Waals surface area contributed by atoms with E-state index in [1.165, 1.54) is 11.3 Å². The predicted octanol–water partition coefficient (Wildman–Crippen LogP) is 4.43. The van der Waals surface area contributed by atoms with Gasteiger partial charge < -0.3 is 15.0 Å². The normalized spacial score (nSPS) is 14.2. The maximum Gasteiger partial charge on any atom is 0.265 e. The second kappa shape index (κ2) is 11.6. The van der Waals surface area contributed by atoms with Crippen LogP contribution in [0.25, 0.3) is 10.6 Å². The van der Waals surface area contributed by atoms with Crippen molar-refractivity contribution in [2.24, 2.45) is 5.92 Å². The van der Waals surface area contributed by atoms with Gasteiger partial charge in [-0.1, -0.05) is 0 Å². The number of likely N-dealkylation sites (tertiary alicyclic amines) is 1. The third-order valence-corrected chi connectivity index (χ3v) is 5.99. The molecule has 1 aromatic heterocycles. The highest BCUT2D eigenvalue weighted by molar-refractivity contribution is 7.17. The largest absolute Gasteiger partial charge is 0.494 e. The van der Waals surface area contributed by atoms with Crippen LogP contribution in [-0.4, -0.2) is 49.1 Å². The van der Waals surface area contributed by atoms with Gasteiger partial charge in [-0.2, -0.15) is 0 Å². The fourth-order valence-corrected chi connectivity index (χ4v) is 4.39. The van der Waals surface area contributed by atoms with Crippen LogP contribution in [0.4, 0.5) is 0 Å². The smallest absolute Gasteiger partial charge is 0.265 e. The van der Waals surface area contributed by atoms with E-state index in [4.69, 9.17) is 4.74 Å². The van der Waals surface area contributed by atoms with Crippen molar-refractivity contribution in [1.29, 1.82) is 0 Å². The van der Waals surface area contributed by atoms with Gasteiger partial charge in [0.2, 0.25) is 0 Å². The molecule has 3 rings (SSSR count). The second-order valence-corrected chi connectivity index (χ2v) is 7.68. The third-order valence-electron chi connectivity index (χ3n) is 4.80. The second-order valence-electron chi connectivity index (χ2n) is 6.68. The lowest BCUT2D eigenvalue weighted by Crippen LogP contribution is -2.40. The molecule has 0 spiro atoms. The minimum absolute atomic E-state index is 0. The summed E-state index contributed by atoms with van der Waals surface area (Å²) in [6, 6.07) is 7.90.